The number of nitrogen functional groups attached to an aromatic ring is 1. The number of nitrogens with one attached hydrogen (secondary N) is 1. The summed E-state index contributed by atoms with van der Waals surface area (Å²) in [7, 11) is 0. The number of pyridine rings is 1. The molecule has 2 aromatic heterocycles. The van der Waals surface area contributed by atoms with E-state index < -0.39 is 29.2 Å². The molecule has 13 heteroatoms. The van der Waals surface area contributed by atoms with Crippen molar-refractivity contribution in [3.8, 4) is 0 Å². The third-order valence-electron chi connectivity index (χ3n) is 6.39. The lowest BCUT2D eigenvalue weighted by Gasteiger charge is -2.49. The van der Waals surface area contributed by atoms with Gasteiger partial charge in [-0.3, -0.25) is 14.5 Å². The van der Waals surface area contributed by atoms with Crippen LogP contribution >= 0.6 is 11.8 Å². The highest BCUT2D eigenvalue weighted by Crippen LogP contribution is 2.40. The Labute approximate surface area is 216 Å². The number of aromatic nitrogens is 3. The molecule has 4 heterocycles. The van der Waals surface area contributed by atoms with Crippen molar-refractivity contribution >= 4 is 41.1 Å². The zero-order valence-electron chi connectivity index (χ0n) is 19.8. The molecule has 1 unspecified atom stereocenters. The van der Waals surface area contributed by atoms with Crippen LogP contribution in [0.2, 0.25) is 0 Å². The number of carboxylic acid groups (broad SMARTS) is 1. The molecule has 2 aliphatic heterocycles. The number of β-lactam (4-membered cyclic amide) rings is 1. The lowest BCUT2D eigenvalue weighted by molar-refractivity contribution is -0.689. The average Bonchev–Trinajstić information content (AvgIpc) is 3.41. The molecule has 4 N–H and O–H groups in total. The average molecular weight is 525 g/mol. The third kappa shape index (κ3) is 5.12. The van der Waals surface area contributed by atoms with Gasteiger partial charge in [-0.25, -0.2) is 19.3 Å². The fourth-order valence-electron chi connectivity index (χ4n) is 4.57. The number of thioether (sulfide) groups is 1. The van der Waals surface area contributed by atoms with Gasteiger partial charge in [0.15, 0.2) is 24.8 Å². The molecular weight excluding hydrogens is 498 g/mol. The second kappa shape index (κ2) is 10.5. The first-order valence-corrected chi connectivity index (χ1v) is 12.9. The van der Waals surface area contributed by atoms with E-state index in [0.717, 1.165) is 25.7 Å². The fourth-order valence-corrected chi connectivity index (χ4v) is 5.90. The maximum atomic E-state index is 13.2. The summed E-state index contributed by atoms with van der Waals surface area (Å²) >= 11 is 1.39. The number of rotatable bonds is 8. The van der Waals surface area contributed by atoms with Crippen molar-refractivity contribution in [2.45, 2.75) is 49.7 Å². The first kappa shape index (κ1) is 24.7. The number of anilines is 1. The number of fused-ring (bicyclic) bond motifs is 1. The van der Waals surface area contributed by atoms with Gasteiger partial charge in [0, 0.05) is 29.7 Å². The quantitative estimate of drug-likeness (QED) is 0.192. The highest BCUT2D eigenvalue weighted by molar-refractivity contribution is 8.00. The number of carbonyl (C=O) groups is 3. The normalized spacial score (nSPS) is 21.9. The van der Waals surface area contributed by atoms with E-state index in [-0.39, 0.29) is 29.2 Å². The van der Waals surface area contributed by atoms with Gasteiger partial charge in [0.25, 0.3) is 11.8 Å². The SMILES string of the molecule is Nc1ccnc(C(=NOC2CCCC2)C(=O)NC2C(=O)N3C(C(=O)O)=C(C[n+]4ccccc4)CS[C@@H]23)n1. The minimum Gasteiger partial charge on any atom is -0.477 e. The van der Waals surface area contributed by atoms with Crippen molar-refractivity contribution in [1.29, 1.82) is 0 Å². The van der Waals surface area contributed by atoms with Gasteiger partial charge in [0.05, 0.1) is 0 Å². The van der Waals surface area contributed by atoms with E-state index in [1.807, 2.05) is 35.2 Å². The summed E-state index contributed by atoms with van der Waals surface area (Å²) in [6.07, 6.45) is 8.66. The van der Waals surface area contributed by atoms with Crippen molar-refractivity contribution in [1.82, 2.24) is 20.2 Å². The summed E-state index contributed by atoms with van der Waals surface area (Å²) in [4.78, 5) is 53.5. The maximum Gasteiger partial charge on any atom is 0.352 e. The summed E-state index contributed by atoms with van der Waals surface area (Å²) in [6.45, 7) is 0.338. The van der Waals surface area contributed by atoms with Crippen molar-refractivity contribution in [2.24, 2.45) is 5.16 Å². The Kier molecular flexibility index (Phi) is 7.04. The number of oxime groups is 1. The molecule has 2 atom stereocenters. The lowest BCUT2D eigenvalue weighted by Crippen LogP contribution is -2.71. The molecule has 0 aromatic carbocycles. The molecule has 1 saturated heterocycles. The number of carboxylic acids is 1. The maximum absolute atomic E-state index is 13.2. The van der Waals surface area contributed by atoms with Crippen LogP contribution in [0.25, 0.3) is 0 Å². The summed E-state index contributed by atoms with van der Waals surface area (Å²) in [5, 5.41) is 16.1. The largest absolute Gasteiger partial charge is 0.477 e. The zero-order chi connectivity index (χ0) is 25.9. The molecule has 2 amide bonds. The number of carbonyl (C=O) groups excluding carboxylic acids is 2. The van der Waals surface area contributed by atoms with E-state index in [1.165, 1.54) is 28.9 Å². The Hall–Kier alpha value is -4.00. The van der Waals surface area contributed by atoms with Crippen LogP contribution in [0.5, 0.6) is 0 Å². The second-order valence-corrected chi connectivity index (χ2v) is 10.0. The molecule has 2 aromatic rings. The predicted molar refractivity (Wildman–Crippen MR) is 133 cm³/mol. The number of amides is 2. The molecule has 2 fully saturated rings. The van der Waals surface area contributed by atoms with Crippen molar-refractivity contribution in [3.05, 3.63) is 60.0 Å². The van der Waals surface area contributed by atoms with Crippen LogP contribution in [0, 0.1) is 0 Å². The highest BCUT2D eigenvalue weighted by atomic mass is 32.2. The highest BCUT2D eigenvalue weighted by Gasteiger charge is 2.54. The fraction of sp³-hybridized carbons (Fsp3) is 0.375. The van der Waals surface area contributed by atoms with Crippen LogP contribution in [0.4, 0.5) is 5.82 Å². The summed E-state index contributed by atoms with van der Waals surface area (Å²) in [5.41, 5.74) is 6.14. The van der Waals surface area contributed by atoms with Crippen LogP contribution in [0.15, 0.2) is 59.3 Å². The Bertz CT molecular complexity index is 1280. The van der Waals surface area contributed by atoms with Gasteiger partial charge < -0.3 is 21.0 Å². The number of nitrogens with two attached hydrogens (primary N) is 1. The van der Waals surface area contributed by atoms with Gasteiger partial charge >= 0.3 is 5.97 Å². The molecule has 192 valence electrons. The Morgan fingerprint density at radius 2 is 2.03 bits per heavy atom. The molecule has 37 heavy (non-hydrogen) atoms. The van der Waals surface area contributed by atoms with E-state index in [9.17, 15) is 19.5 Å². The van der Waals surface area contributed by atoms with Gasteiger partial charge in [-0.15, -0.1) is 11.8 Å². The first-order chi connectivity index (χ1) is 17.9. The summed E-state index contributed by atoms with van der Waals surface area (Å²) in [6, 6.07) is 6.11. The van der Waals surface area contributed by atoms with Crippen LogP contribution < -0.4 is 15.6 Å². The smallest absolute Gasteiger partial charge is 0.352 e. The Morgan fingerprint density at radius 1 is 1.27 bits per heavy atom. The second-order valence-electron chi connectivity index (χ2n) is 8.92. The van der Waals surface area contributed by atoms with Gasteiger partial charge in [-0.1, -0.05) is 11.2 Å². The van der Waals surface area contributed by atoms with Crippen molar-refractivity contribution in [3.63, 3.8) is 0 Å². The predicted octanol–water partition coefficient (Wildman–Crippen LogP) is 0.448. The molecule has 12 nitrogen and oxygen atoms in total. The number of aliphatic carboxylic acids is 1. The molecule has 1 aliphatic carbocycles. The molecule has 5 rings (SSSR count). The Balaban J connectivity index is 1.35. The van der Waals surface area contributed by atoms with Crippen molar-refractivity contribution < 1.29 is 28.9 Å². The number of nitrogens with zero attached hydrogens (tertiary/aromatic N) is 5. The van der Waals surface area contributed by atoms with E-state index in [1.54, 1.807) is 0 Å². The van der Waals surface area contributed by atoms with Gasteiger partial charge in [0.1, 0.15) is 29.0 Å². The van der Waals surface area contributed by atoms with Gasteiger partial charge in [-0.2, -0.15) is 0 Å². The van der Waals surface area contributed by atoms with E-state index in [4.69, 9.17) is 10.6 Å². The van der Waals surface area contributed by atoms with Gasteiger partial charge in [-0.05, 0) is 31.7 Å². The number of hydrogen-bond acceptors (Lipinski definition) is 9. The van der Waals surface area contributed by atoms with E-state index in [2.05, 4.69) is 20.4 Å². The minimum absolute atomic E-state index is 0.0243. The van der Waals surface area contributed by atoms with Crippen molar-refractivity contribution in [2.75, 3.05) is 11.5 Å². The zero-order valence-corrected chi connectivity index (χ0v) is 20.6. The number of hydrogen-bond donors (Lipinski definition) is 3. The Morgan fingerprint density at radius 3 is 2.73 bits per heavy atom. The van der Waals surface area contributed by atoms with Crippen LogP contribution in [-0.4, -0.2) is 66.7 Å². The lowest BCUT2D eigenvalue weighted by atomic mass is 10.0. The van der Waals surface area contributed by atoms with Gasteiger partial charge in [0.2, 0.25) is 5.71 Å². The molecule has 0 radical (unpaired) electrons. The third-order valence-corrected chi connectivity index (χ3v) is 7.73. The van der Waals surface area contributed by atoms with Crippen LogP contribution in [-0.2, 0) is 25.8 Å². The summed E-state index contributed by atoms with van der Waals surface area (Å²) in [5.74, 6) is -1.87. The minimum atomic E-state index is -1.18. The molecule has 0 spiro atoms. The molecule has 0 bridgehead atoms. The monoisotopic (exact) mass is 524 g/mol. The molecule has 1 saturated carbocycles. The standard InChI is InChI=1S/C24H25N7O5S/c25-16-8-9-26-20(27-16)17(29-36-15-6-2-3-7-15)21(32)28-18-22(33)31-19(24(34)35)14(13-37-23(18)31)12-30-10-4-1-5-11-30/h1,4-5,8-11,15,18,23H,2-3,6-7,12-13H2,(H3-,25,26,27,28,32,34,35)/p+1/t18?,23-/m0/s1. The van der Waals surface area contributed by atoms with E-state index in [0.29, 0.717) is 17.9 Å². The molecular formula is C24H26N7O5S+. The molecule has 3 aliphatic rings. The van der Waals surface area contributed by atoms with Crippen LogP contribution in [0.1, 0.15) is 31.5 Å². The first-order valence-electron chi connectivity index (χ1n) is 11.9. The van der Waals surface area contributed by atoms with Crippen LogP contribution in [0.3, 0.4) is 0 Å². The topological polar surface area (TPSA) is 164 Å². The summed E-state index contributed by atoms with van der Waals surface area (Å²) < 4.78 is 1.85. The van der Waals surface area contributed by atoms with E-state index >= 15 is 0 Å².